The number of hydrogen-bond donors (Lipinski definition) is 1. The molecule has 3 rings (SSSR count). The van der Waals surface area contributed by atoms with E-state index < -0.39 is 0 Å². The fourth-order valence-corrected chi connectivity index (χ4v) is 4.25. The van der Waals surface area contributed by atoms with Crippen molar-refractivity contribution >= 4 is 0 Å². The molecule has 2 unspecified atom stereocenters. The van der Waals surface area contributed by atoms with E-state index in [-0.39, 0.29) is 0 Å². The number of fused-ring (bicyclic) bond motifs is 1. The molecule has 3 fully saturated rings. The van der Waals surface area contributed by atoms with Crippen LogP contribution < -0.4 is 5.32 Å². The minimum Gasteiger partial charge on any atom is -0.316 e. The summed E-state index contributed by atoms with van der Waals surface area (Å²) in [5.74, 6) is 0. The molecule has 3 aliphatic rings. The van der Waals surface area contributed by atoms with Crippen LogP contribution in [0.15, 0.2) is 0 Å². The second-order valence-corrected chi connectivity index (χ2v) is 6.70. The second-order valence-electron chi connectivity index (χ2n) is 6.70. The molecule has 0 radical (unpaired) electrons. The molecule has 3 nitrogen and oxygen atoms in total. The fourth-order valence-electron chi connectivity index (χ4n) is 4.25. The lowest BCUT2D eigenvalue weighted by Crippen LogP contribution is -2.55. The molecule has 0 aromatic rings. The van der Waals surface area contributed by atoms with Gasteiger partial charge in [0.1, 0.15) is 0 Å². The van der Waals surface area contributed by atoms with Gasteiger partial charge >= 0.3 is 0 Å². The Balaban J connectivity index is 1.58. The molecule has 0 spiro atoms. The Kier molecular flexibility index (Phi) is 3.92. The maximum absolute atomic E-state index is 3.63. The maximum atomic E-state index is 3.63. The second kappa shape index (κ2) is 5.48. The summed E-state index contributed by atoms with van der Waals surface area (Å²) in [6.45, 7) is 11.5. The third-order valence-corrected chi connectivity index (χ3v) is 5.54. The Morgan fingerprint density at radius 2 is 2.17 bits per heavy atom. The number of rotatable bonds is 3. The lowest BCUT2D eigenvalue weighted by molar-refractivity contribution is 0.0508. The van der Waals surface area contributed by atoms with Crippen LogP contribution in [0.3, 0.4) is 0 Å². The van der Waals surface area contributed by atoms with Gasteiger partial charge in [0.2, 0.25) is 0 Å². The summed E-state index contributed by atoms with van der Waals surface area (Å²) in [7, 11) is 0. The molecule has 3 saturated heterocycles. The van der Waals surface area contributed by atoms with E-state index in [4.69, 9.17) is 0 Å². The Morgan fingerprint density at radius 1 is 1.22 bits per heavy atom. The number of piperazine rings is 1. The lowest BCUT2D eigenvalue weighted by Gasteiger charge is -2.45. The zero-order chi connectivity index (χ0) is 12.4. The molecule has 0 saturated carbocycles. The molecule has 3 aliphatic heterocycles. The topological polar surface area (TPSA) is 18.5 Å². The van der Waals surface area contributed by atoms with Crippen molar-refractivity contribution < 1.29 is 0 Å². The van der Waals surface area contributed by atoms with Crippen LogP contribution in [-0.4, -0.2) is 61.7 Å². The van der Waals surface area contributed by atoms with Crippen molar-refractivity contribution in [2.75, 3.05) is 45.8 Å². The fraction of sp³-hybridized carbons (Fsp3) is 1.00. The smallest absolute Gasteiger partial charge is 0.0224 e. The van der Waals surface area contributed by atoms with Gasteiger partial charge in [-0.3, -0.25) is 9.80 Å². The minimum absolute atomic E-state index is 0.568. The Bertz CT molecular complexity index is 273. The van der Waals surface area contributed by atoms with E-state index in [0.717, 1.165) is 6.04 Å². The molecule has 0 aliphatic carbocycles. The zero-order valence-corrected chi connectivity index (χ0v) is 12.0. The van der Waals surface area contributed by atoms with Gasteiger partial charge in [-0.1, -0.05) is 6.92 Å². The molecule has 0 aromatic heterocycles. The lowest BCUT2D eigenvalue weighted by atomic mass is 9.77. The summed E-state index contributed by atoms with van der Waals surface area (Å²) in [5, 5.41) is 3.63. The summed E-state index contributed by atoms with van der Waals surface area (Å²) in [5.41, 5.74) is 0.568. The van der Waals surface area contributed by atoms with Gasteiger partial charge in [-0.05, 0) is 50.6 Å². The van der Waals surface area contributed by atoms with Crippen LogP contribution in [0.25, 0.3) is 0 Å². The molecule has 0 bridgehead atoms. The van der Waals surface area contributed by atoms with Crippen molar-refractivity contribution in [1.29, 1.82) is 0 Å². The zero-order valence-electron chi connectivity index (χ0n) is 12.0. The van der Waals surface area contributed by atoms with E-state index in [2.05, 4.69) is 22.0 Å². The average molecular weight is 251 g/mol. The predicted molar refractivity (Wildman–Crippen MR) is 75.9 cm³/mol. The average Bonchev–Trinajstić information content (AvgIpc) is 2.87. The van der Waals surface area contributed by atoms with Crippen LogP contribution in [0.1, 0.15) is 39.0 Å². The Labute approximate surface area is 112 Å². The highest BCUT2D eigenvalue weighted by molar-refractivity contribution is 4.92. The van der Waals surface area contributed by atoms with Crippen LogP contribution in [0.2, 0.25) is 0 Å². The van der Waals surface area contributed by atoms with Gasteiger partial charge in [0.25, 0.3) is 0 Å². The van der Waals surface area contributed by atoms with Crippen molar-refractivity contribution in [3.05, 3.63) is 0 Å². The first-order valence-corrected chi connectivity index (χ1v) is 7.98. The van der Waals surface area contributed by atoms with Crippen molar-refractivity contribution in [2.24, 2.45) is 5.41 Å². The van der Waals surface area contributed by atoms with Crippen LogP contribution >= 0.6 is 0 Å². The quantitative estimate of drug-likeness (QED) is 0.821. The third-order valence-electron chi connectivity index (χ3n) is 5.54. The molecule has 2 atom stereocenters. The first-order chi connectivity index (χ1) is 8.81. The van der Waals surface area contributed by atoms with Gasteiger partial charge in [-0.2, -0.15) is 0 Å². The van der Waals surface area contributed by atoms with Crippen LogP contribution in [0.4, 0.5) is 0 Å². The molecular weight excluding hydrogens is 222 g/mol. The van der Waals surface area contributed by atoms with E-state index in [9.17, 15) is 0 Å². The van der Waals surface area contributed by atoms with Gasteiger partial charge in [0.05, 0.1) is 0 Å². The summed E-state index contributed by atoms with van der Waals surface area (Å²) in [4.78, 5) is 5.48. The SMILES string of the molecule is CCC1(CN2CCN3CCCC3C2)CCCNC1. The highest BCUT2D eigenvalue weighted by atomic mass is 15.3. The van der Waals surface area contributed by atoms with Crippen LogP contribution in [0, 0.1) is 5.41 Å². The van der Waals surface area contributed by atoms with Crippen LogP contribution in [0.5, 0.6) is 0 Å². The van der Waals surface area contributed by atoms with E-state index in [0.29, 0.717) is 5.41 Å². The Hall–Kier alpha value is -0.120. The number of nitrogens with one attached hydrogen (secondary N) is 1. The van der Waals surface area contributed by atoms with Crippen molar-refractivity contribution in [2.45, 2.75) is 45.1 Å². The molecule has 0 amide bonds. The molecular formula is C15H29N3. The highest BCUT2D eigenvalue weighted by Crippen LogP contribution is 2.32. The van der Waals surface area contributed by atoms with E-state index in [1.54, 1.807) is 0 Å². The molecule has 104 valence electrons. The first kappa shape index (κ1) is 12.9. The van der Waals surface area contributed by atoms with E-state index in [1.165, 1.54) is 77.9 Å². The number of hydrogen-bond acceptors (Lipinski definition) is 3. The molecule has 1 N–H and O–H groups in total. The standard InChI is InChI=1S/C15H29N3/c1-2-15(6-4-7-16-12-15)13-17-9-10-18-8-3-5-14(18)11-17/h14,16H,2-13H2,1H3. The van der Waals surface area contributed by atoms with Gasteiger partial charge in [0.15, 0.2) is 0 Å². The van der Waals surface area contributed by atoms with Gasteiger partial charge < -0.3 is 5.32 Å². The maximum Gasteiger partial charge on any atom is 0.0224 e. The van der Waals surface area contributed by atoms with E-state index >= 15 is 0 Å². The first-order valence-electron chi connectivity index (χ1n) is 7.98. The predicted octanol–water partition coefficient (Wildman–Crippen LogP) is 1.55. The monoisotopic (exact) mass is 251 g/mol. The van der Waals surface area contributed by atoms with Crippen LogP contribution in [-0.2, 0) is 0 Å². The van der Waals surface area contributed by atoms with E-state index in [1.807, 2.05) is 0 Å². The molecule has 3 heteroatoms. The molecule has 0 aromatic carbocycles. The largest absolute Gasteiger partial charge is 0.316 e. The highest BCUT2D eigenvalue weighted by Gasteiger charge is 2.36. The number of piperidine rings is 1. The Morgan fingerprint density at radius 3 is 2.94 bits per heavy atom. The molecule has 3 heterocycles. The normalized spacial score (nSPS) is 38.8. The van der Waals surface area contributed by atoms with Crippen molar-refractivity contribution in [1.82, 2.24) is 15.1 Å². The van der Waals surface area contributed by atoms with Crippen molar-refractivity contribution in [3.8, 4) is 0 Å². The summed E-state index contributed by atoms with van der Waals surface area (Å²) in [6.07, 6.45) is 7.01. The summed E-state index contributed by atoms with van der Waals surface area (Å²) < 4.78 is 0. The van der Waals surface area contributed by atoms with Gasteiger partial charge in [-0.15, -0.1) is 0 Å². The summed E-state index contributed by atoms with van der Waals surface area (Å²) >= 11 is 0. The third kappa shape index (κ3) is 2.59. The van der Waals surface area contributed by atoms with Gasteiger partial charge in [0, 0.05) is 38.8 Å². The van der Waals surface area contributed by atoms with Crippen molar-refractivity contribution in [3.63, 3.8) is 0 Å². The summed E-state index contributed by atoms with van der Waals surface area (Å²) in [6, 6.07) is 0.879. The van der Waals surface area contributed by atoms with Gasteiger partial charge in [-0.25, -0.2) is 0 Å². The molecule has 18 heavy (non-hydrogen) atoms. The number of nitrogens with zero attached hydrogens (tertiary/aromatic N) is 2. The minimum atomic E-state index is 0.568.